The second kappa shape index (κ2) is 4.70. The predicted octanol–water partition coefficient (Wildman–Crippen LogP) is 0.0112. The number of aliphatic hydroxyl groups excluding tert-OH is 2. The van der Waals surface area contributed by atoms with E-state index in [0.717, 1.165) is 0 Å². The number of ether oxygens (including phenoxy) is 4. The van der Waals surface area contributed by atoms with E-state index in [4.69, 9.17) is 24.1 Å². The van der Waals surface area contributed by atoms with E-state index in [1.54, 1.807) is 13.8 Å². The summed E-state index contributed by atoms with van der Waals surface area (Å²) in [6.07, 6.45) is -2.38. The quantitative estimate of drug-likeness (QED) is 0.746. The van der Waals surface area contributed by atoms with Gasteiger partial charge in [0.1, 0.15) is 24.4 Å². The van der Waals surface area contributed by atoms with Crippen molar-refractivity contribution < 1.29 is 29.2 Å². The van der Waals surface area contributed by atoms with Crippen molar-refractivity contribution in [1.29, 1.82) is 0 Å². The van der Waals surface area contributed by atoms with E-state index < -0.39 is 29.9 Å². The van der Waals surface area contributed by atoms with Crippen molar-refractivity contribution in [3.05, 3.63) is 0 Å². The zero-order chi connectivity index (χ0) is 13.6. The molecule has 0 spiro atoms. The van der Waals surface area contributed by atoms with Crippen molar-refractivity contribution in [2.45, 2.75) is 63.7 Å². The molecule has 6 heteroatoms. The van der Waals surface area contributed by atoms with Crippen LogP contribution >= 0.6 is 0 Å². The fourth-order valence-electron chi connectivity index (χ4n) is 2.38. The molecule has 2 aliphatic heterocycles. The molecule has 2 fully saturated rings. The van der Waals surface area contributed by atoms with Crippen LogP contribution in [0, 0.1) is 0 Å². The third kappa shape index (κ3) is 2.84. The van der Waals surface area contributed by atoms with Gasteiger partial charge in [-0.05, 0) is 27.7 Å². The highest BCUT2D eigenvalue weighted by atomic mass is 16.8. The van der Waals surface area contributed by atoms with Gasteiger partial charge in [-0.3, -0.25) is 0 Å². The molecule has 2 aliphatic rings. The summed E-state index contributed by atoms with van der Waals surface area (Å²) in [6, 6.07) is 0. The summed E-state index contributed by atoms with van der Waals surface area (Å²) in [7, 11) is 0. The van der Waals surface area contributed by atoms with Gasteiger partial charge in [-0.1, -0.05) is 0 Å². The second-order valence-electron chi connectivity index (χ2n) is 5.68. The van der Waals surface area contributed by atoms with Crippen LogP contribution in [-0.4, -0.2) is 59.4 Å². The molecular formula is C12H22O6. The fourth-order valence-corrected chi connectivity index (χ4v) is 2.38. The molecule has 2 N–H and O–H groups in total. The molecule has 2 saturated heterocycles. The highest BCUT2D eigenvalue weighted by Gasteiger charge is 2.51. The molecule has 0 unspecified atom stereocenters. The zero-order valence-corrected chi connectivity index (χ0v) is 11.3. The minimum absolute atomic E-state index is 0.312. The number of hydrogen-bond acceptors (Lipinski definition) is 6. The third-order valence-corrected chi connectivity index (χ3v) is 3.13. The Kier molecular flexibility index (Phi) is 3.70. The lowest BCUT2D eigenvalue weighted by Crippen LogP contribution is -2.45. The zero-order valence-electron chi connectivity index (χ0n) is 11.3. The summed E-state index contributed by atoms with van der Waals surface area (Å²) < 4.78 is 22.6. The second-order valence-corrected chi connectivity index (χ2v) is 5.68. The number of hydrogen-bond donors (Lipinski definition) is 2. The largest absolute Gasteiger partial charge is 0.394 e. The summed E-state index contributed by atoms with van der Waals surface area (Å²) in [5.41, 5.74) is 0. The Morgan fingerprint density at radius 2 is 1.78 bits per heavy atom. The molecule has 2 heterocycles. The van der Waals surface area contributed by atoms with E-state index in [1.807, 2.05) is 13.8 Å². The molecule has 0 bridgehead atoms. The SMILES string of the molecule is CC1(C)O[C@H]([C@H](O)CO)[C@@H]([C@@H]2COC(C)(C)O2)O1. The Morgan fingerprint density at radius 1 is 1.11 bits per heavy atom. The highest BCUT2D eigenvalue weighted by molar-refractivity contribution is 4.93. The van der Waals surface area contributed by atoms with E-state index in [9.17, 15) is 5.11 Å². The first-order valence-electron chi connectivity index (χ1n) is 6.20. The molecule has 0 amide bonds. The van der Waals surface area contributed by atoms with Crippen LogP contribution in [0.5, 0.6) is 0 Å². The lowest BCUT2D eigenvalue weighted by Gasteiger charge is -2.25. The van der Waals surface area contributed by atoms with E-state index in [1.165, 1.54) is 0 Å². The molecule has 4 atom stereocenters. The van der Waals surface area contributed by atoms with Gasteiger partial charge in [0, 0.05) is 0 Å². The van der Waals surface area contributed by atoms with Crippen LogP contribution in [-0.2, 0) is 18.9 Å². The van der Waals surface area contributed by atoms with Crippen molar-refractivity contribution in [3.8, 4) is 0 Å². The minimum atomic E-state index is -0.996. The van der Waals surface area contributed by atoms with Gasteiger partial charge in [-0.25, -0.2) is 0 Å². The fraction of sp³-hybridized carbons (Fsp3) is 1.00. The predicted molar refractivity (Wildman–Crippen MR) is 61.8 cm³/mol. The van der Waals surface area contributed by atoms with Gasteiger partial charge in [0.05, 0.1) is 13.2 Å². The van der Waals surface area contributed by atoms with Gasteiger partial charge in [0.15, 0.2) is 11.6 Å². The average molecular weight is 262 g/mol. The molecule has 0 aliphatic carbocycles. The van der Waals surface area contributed by atoms with Gasteiger partial charge in [0.2, 0.25) is 0 Å². The van der Waals surface area contributed by atoms with Crippen molar-refractivity contribution in [2.75, 3.05) is 13.2 Å². The Bertz CT molecular complexity index is 303. The lowest BCUT2D eigenvalue weighted by atomic mass is 10.0. The Morgan fingerprint density at radius 3 is 2.28 bits per heavy atom. The number of aliphatic hydroxyl groups is 2. The van der Waals surface area contributed by atoms with Crippen LogP contribution in [0.25, 0.3) is 0 Å². The van der Waals surface area contributed by atoms with Gasteiger partial charge in [0.25, 0.3) is 0 Å². The van der Waals surface area contributed by atoms with Crippen molar-refractivity contribution in [2.24, 2.45) is 0 Å². The molecule has 2 rings (SSSR count). The van der Waals surface area contributed by atoms with Crippen LogP contribution in [0.2, 0.25) is 0 Å². The Balaban J connectivity index is 2.10. The van der Waals surface area contributed by atoms with Crippen LogP contribution in [0.15, 0.2) is 0 Å². The molecule has 0 aromatic carbocycles. The maximum atomic E-state index is 9.80. The summed E-state index contributed by atoms with van der Waals surface area (Å²) in [5.74, 6) is -1.46. The first kappa shape index (κ1) is 14.2. The molecular weight excluding hydrogens is 240 g/mol. The van der Waals surface area contributed by atoms with Crippen molar-refractivity contribution in [1.82, 2.24) is 0 Å². The van der Waals surface area contributed by atoms with Crippen LogP contribution in [0.4, 0.5) is 0 Å². The maximum Gasteiger partial charge on any atom is 0.164 e. The third-order valence-electron chi connectivity index (χ3n) is 3.13. The van der Waals surface area contributed by atoms with Crippen molar-refractivity contribution in [3.63, 3.8) is 0 Å². The molecule has 0 aromatic rings. The lowest BCUT2D eigenvalue weighted by molar-refractivity contribution is -0.175. The molecule has 0 radical (unpaired) electrons. The molecule has 106 valence electrons. The molecule has 0 saturated carbocycles. The first-order chi connectivity index (χ1) is 8.24. The van der Waals surface area contributed by atoms with Crippen LogP contribution in [0.3, 0.4) is 0 Å². The van der Waals surface area contributed by atoms with Crippen LogP contribution in [0.1, 0.15) is 27.7 Å². The molecule has 6 nitrogen and oxygen atoms in total. The normalized spacial score (nSPS) is 40.0. The monoisotopic (exact) mass is 262 g/mol. The van der Waals surface area contributed by atoms with Crippen molar-refractivity contribution >= 4 is 0 Å². The van der Waals surface area contributed by atoms with E-state index in [-0.39, 0.29) is 12.7 Å². The highest BCUT2D eigenvalue weighted by Crippen LogP contribution is 2.36. The molecule has 0 aromatic heterocycles. The van der Waals surface area contributed by atoms with Gasteiger partial charge in [-0.2, -0.15) is 0 Å². The Hall–Kier alpha value is -0.240. The minimum Gasteiger partial charge on any atom is -0.394 e. The standard InChI is InChI=1S/C12H22O6/c1-11(2)15-6-8(16-11)10-9(7(14)5-13)17-12(3,4)18-10/h7-10,13-14H,5-6H2,1-4H3/t7-,8+,9-,10-/m1/s1. The smallest absolute Gasteiger partial charge is 0.164 e. The van der Waals surface area contributed by atoms with E-state index >= 15 is 0 Å². The maximum absolute atomic E-state index is 9.80. The topological polar surface area (TPSA) is 77.4 Å². The van der Waals surface area contributed by atoms with E-state index in [2.05, 4.69) is 0 Å². The van der Waals surface area contributed by atoms with Gasteiger partial charge >= 0.3 is 0 Å². The van der Waals surface area contributed by atoms with E-state index in [0.29, 0.717) is 6.61 Å². The van der Waals surface area contributed by atoms with Gasteiger partial charge < -0.3 is 29.2 Å². The first-order valence-corrected chi connectivity index (χ1v) is 6.20. The number of rotatable bonds is 3. The molecule has 18 heavy (non-hydrogen) atoms. The summed E-state index contributed by atoms with van der Waals surface area (Å²) in [6.45, 7) is 7.19. The van der Waals surface area contributed by atoms with Gasteiger partial charge in [-0.15, -0.1) is 0 Å². The Labute approximate surface area is 107 Å². The summed E-state index contributed by atoms with van der Waals surface area (Å²) >= 11 is 0. The summed E-state index contributed by atoms with van der Waals surface area (Å²) in [4.78, 5) is 0. The van der Waals surface area contributed by atoms with Crippen LogP contribution < -0.4 is 0 Å². The average Bonchev–Trinajstić information content (AvgIpc) is 2.77. The summed E-state index contributed by atoms with van der Waals surface area (Å²) in [5, 5.41) is 18.9.